The molecule has 1 spiro atoms. The van der Waals surface area contributed by atoms with E-state index < -0.39 is 5.41 Å². The Balaban J connectivity index is 0.999. The fourth-order valence-electron chi connectivity index (χ4n) is 9.93. The summed E-state index contributed by atoms with van der Waals surface area (Å²) in [5.74, 6) is 0. The number of hydrogen-bond acceptors (Lipinski definition) is 4. The molecular formula is C54H36N2S2. The van der Waals surface area contributed by atoms with Crippen LogP contribution in [0.2, 0.25) is 0 Å². The Bertz CT molecular complexity index is 3070. The zero-order valence-electron chi connectivity index (χ0n) is 32.0. The number of benzene rings is 8. The molecule has 12 rings (SSSR count). The van der Waals surface area contributed by atoms with Crippen LogP contribution in [0.1, 0.15) is 47.2 Å². The Morgan fingerprint density at radius 2 is 0.776 bits per heavy atom. The molecule has 2 aliphatic rings. The molecule has 4 heteroatoms. The summed E-state index contributed by atoms with van der Waals surface area (Å²) in [6.07, 6.45) is 0. The third kappa shape index (κ3) is 4.82. The van der Waals surface area contributed by atoms with Gasteiger partial charge in [0.05, 0.1) is 25.8 Å². The fourth-order valence-corrected chi connectivity index (χ4v) is 11.8. The van der Waals surface area contributed by atoms with Crippen LogP contribution in [0.4, 0.5) is 0 Å². The molecule has 0 radical (unpaired) electrons. The van der Waals surface area contributed by atoms with Crippen LogP contribution in [0.15, 0.2) is 182 Å². The molecule has 0 N–H and O–H groups in total. The van der Waals surface area contributed by atoms with Gasteiger partial charge in [0.25, 0.3) is 0 Å². The third-order valence-electron chi connectivity index (χ3n) is 12.6. The molecular weight excluding hydrogens is 741 g/mol. The molecule has 58 heavy (non-hydrogen) atoms. The zero-order chi connectivity index (χ0) is 38.6. The molecule has 274 valence electrons. The topological polar surface area (TPSA) is 25.8 Å². The third-order valence-corrected chi connectivity index (χ3v) is 14.8. The van der Waals surface area contributed by atoms with Crippen molar-refractivity contribution in [2.24, 2.45) is 0 Å². The number of thiazole rings is 2. The molecule has 2 aromatic heterocycles. The molecule has 2 nitrogen and oxygen atoms in total. The van der Waals surface area contributed by atoms with Crippen LogP contribution in [0.5, 0.6) is 0 Å². The number of para-hydroxylation sites is 2. The van der Waals surface area contributed by atoms with E-state index in [0.717, 1.165) is 43.3 Å². The van der Waals surface area contributed by atoms with E-state index in [2.05, 4.69) is 196 Å². The van der Waals surface area contributed by atoms with Gasteiger partial charge in [-0.1, -0.05) is 147 Å². The standard InChI is InChI=1S/C54H36N2S2/c1-53(2)42-15-5-7-17-44(42)54(45-18-8-6-16-43(45)53)41-14-4-3-13-39(41)40-28-27-35(32-46(40)54)33-23-25-34(26-24-33)36-29-37(51-55-47-19-9-11-21-49(47)57-51)31-38(30-36)52-56-48-20-10-12-22-50(48)58-52/h3-32H,1-2H3. The molecule has 0 unspecified atom stereocenters. The van der Waals surface area contributed by atoms with E-state index in [1.807, 2.05) is 0 Å². The van der Waals surface area contributed by atoms with Crippen molar-refractivity contribution in [3.63, 3.8) is 0 Å². The van der Waals surface area contributed by atoms with Gasteiger partial charge in [0.2, 0.25) is 0 Å². The van der Waals surface area contributed by atoms with Crippen molar-refractivity contribution in [1.29, 1.82) is 0 Å². The van der Waals surface area contributed by atoms with Gasteiger partial charge in [-0.25, -0.2) is 9.97 Å². The van der Waals surface area contributed by atoms with E-state index in [1.165, 1.54) is 65.0 Å². The fraction of sp³-hybridized carbons (Fsp3) is 0.0741. The van der Waals surface area contributed by atoms with E-state index in [9.17, 15) is 0 Å². The first-order valence-corrected chi connectivity index (χ1v) is 21.5. The molecule has 0 bridgehead atoms. The molecule has 0 atom stereocenters. The summed E-state index contributed by atoms with van der Waals surface area (Å²) in [6.45, 7) is 4.77. The summed E-state index contributed by atoms with van der Waals surface area (Å²) in [6, 6.07) is 67.3. The van der Waals surface area contributed by atoms with Crippen LogP contribution in [0, 0.1) is 0 Å². The summed E-state index contributed by atoms with van der Waals surface area (Å²) >= 11 is 3.48. The van der Waals surface area contributed by atoms with Gasteiger partial charge in [-0.15, -0.1) is 22.7 Å². The minimum absolute atomic E-state index is 0.124. The average molecular weight is 777 g/mol. The summed E-state index contributed by atoms with van der Waals surface area (Å²) in [5, 5.41) is 2.04. The van der Waals surface area contributed by atoms with Crippen molar-refractivity contribution >= 4 is 43.1 Å². The summed E-state index contributed by atoms with van der Waals surface area (Å²) in [5.41, 5.74) is 19.4. The SMILES string of the molecule is CC1(C)c2ccccc2C2(c3ccccc3-c3ccc(-c4ccc(-c5cc(-c6nc7ccccc7s6)cc(-c6nc7ccccc7s6)c5)cc4)cc32)c2ccccc21. The van der Waals surface area contributed by atoms with Crippen LogP contribution in [-0.2, 0) is 10.8 Å². The first-order chi connectivity index (χ1) is 28.5. The summed E-state index contributed by atoms with van der Waals surface area (Å²) in [7, 11) is 0. The van der Waals surface area contributed by atoms with Gasteiger partial charge >= 0.3 is 0 Å². The first-order valence-electron chi connectivity index (χ1n) is 19.9. The molecule has 0 amide bonds. The van der Waals surface area contributed by atoms with Gasteiger partial charge in [0.1, 0.15) is 10.0 Å². The van der Waals surface area contributed by atoms with Gasteiger partial charge in [0, 0.05) is 16.5 Å². The second kappa shape index (κ2) is 12.5. The second-order valence-corrected chi connectivity index (χ2v) is 18.2. The Morgan fingerprint density at radius 1 is 0.345 bits per heavy atom. The summed E-state index contributed by atoms with van der Waals surface area (Å²) < 4.78 is 2.38. The number of aromatic nitrogens is 2. The predicted molar refractivity (Wildman–Crippen MR) is 244 cm³/mol. The van der Waals surface area contributed by atoms with Crippen molar-refractivity contribution in [2.75, 3.05) is 0 Å². The molecule has 0 fully saturated rings. The number of hydrogen-bond donors (Lipinski definition) is 0. The largest absolute Gasteiger partial charge is 0.236 e. The van der Waals surface area contributed by atoms with Gasteiger partial charge in [-0.05, 0) is 115 Å². The maximum absolute atomic E-state index is 5.07. The van der Waals surface area contributed by atoms with Crippen molar-refractivity contribution in [1.82, 2.24) is 9.97 Å². The highest BCUT2D eigenvalue weighted by atomic mass is 32.1. The zero-order valence-corrected chi connectivity index (χ0v) is 33.7. The smallest absolute Gasteiger partial charge is 0.124 e. The van der Waals surface area contributed by atoms with Gasteiger partial charge in [-0.3, -0.25) is 0 Å². The molecule has 2 heterocycles. The van der Waals surface area contributed by atoms with Crippen LogP contribution >= 0.6 is 22.7 Å². The van der Waals surface area contributed by atoms with Gasteiger partial charge in [0.15, 0.2) is 0 Å². The number of nitrogens with zero attached hydrogens (tertiary/aromatic N) is 2. The van der Waals surface area contributed by atoms with Crippen molar-refractivity contribution in [3.05, 3.63) is 215 Å². The highest BCUT2D eigenvalue weighted by Crippen LogP contribution is 2.62. The molecule has 0 saturated carbocycles. The normalized spacial score (nSPS) is 14.3. The quantitative estimate of drug-likeness (QED) is 0.178. The average Bonchev–Trinajstić information content (AvgIpc) is 3.99. The van der Waals surface area contributed by atoms with E-state index in [4.69, 9.17) is 9.97 Å². The van der Waals surface area contributed by atoms with E-state index in [-0.39, 0.29) is 5.41 Å². The predicted octanol–water partition coefficient (Wildman–Crippen LogP) is 14.6. The Morgan fingerprint density at radius 3 is 1.34 bits per heavy atom. The number of rotatable bonds is 4. The highest BCUT2D eigenvalue weighted by molar-refractivity contribution is 7.22. The Kier molecular flexibility index (Phi) is 7.26. The molecule has 2 aliphatic carbocycles. The van der Waals surface area contributed by atoms with E-state index >= 15 is 0 Å². The maximum atomic E-state index is 5.07. The van der Waals surface area contributed by atoms with Crippen LogP contribution in [-0.4, -0.2) is 9.97 Å². The lowest BCUT2D eigenvalue weighted by Gasteiger charge is -2.46. The van der Waals surface area contributed by atoms with Crippen molar-refractivity contribution in [3.8, 4) is 54.5 Å². The minimum Gasteiger partial charge on any atom is -0.236 e. The molecule has 0 saturated heterocycles. The maximum Gasteiger partial charge on any atom is 0.124 e. The van der Waals surface area contributed by atoms with Crippen molar-refractivity contribution < 1.29 is 0 Å². The van der Waals surface area contributed by atoms with Crippen LogP contribution in [0.3, 0.4) is 0 Å². The van der Waals surface area contributed by atoms with Crippen LogP contribution in [0.25, 0.3) is 75.0 Å². The first kappa shape index (κ1) is 33.7. The minimum atomic E-state index is -0.414. The summed E-state index contributed by atoms with van der Waals surface area (Å²) in [4.78, 5) is 10.1. The van der Waals surface area contributed by atoms with Gasteiger partial charge < -0.3 is 0 Å². The van der Waals surface area contributed by atoms with Crippen LogP contribution < -0.4 is 0 Å². The van der Waals surface area contributed by atoms with Gasteiger partial charge in [-0.2, -0.15) is 0 Å². The molecule has 8 aromatic carbocycles. The molecule has 0 aliphatic heterocycles. The Labute approximate surface area is 345 Å². The second-order valence-electron chi connectivity index (χ2n) is 16.1. The van der Waals surface area contributed by atoms with E-state index in [0.29, 0.717) is 0 Å². The highest BCUT2D eigenvalue weighted by Gasteiger charge is 2.53. The van der Waals surface area contributed by atoms with Crippen molar-refractivity contribution in [2.45, 2.75) is 24.7 Å². The number of fused-ring (bicyclic) bond motifs is 11. The van der Waals surface area contributed by atoms with E-state index in [1.54, 1.807) is 22.7 Å². The monoisotopic (exact) mass is 776 g/mol. The Hall–Kier alpha value is -6.46. The lowest BCUT2D eigenvalue weighted by molar-refractivity contribution is 0.563. The lowest BCUT2D eigenvalue weighted by Crippen LogP contribution is -2.40. The molecule has 10 aromatic rings. The lowest BCUT2D eigenvalue weighted by atomic mass is 9.55.